The number of rotatable bonds is 7. The van der Waals surface area contributed by atoms with Gasteiger partial charge in [0.1, 0.15) is 0 Å². The van der Waals surface area contributed by atoms with Gasteiger partial charge in [-0.15, -0.1) is 0 Å². The zero-order chi connectivity index (χ0) is 29.4. The van der Waals surface area contributed by atoms with Crippen LogP contribution in [0.1, 0.15) is 16.8 Å². The van der Waals surface area contributed by atoms with Crippen molar-refractivity contribution in [2.45, 2.75) is 20.0 Å². The molecule has 0 unspecified atom stereocenters. The van der Waals surface area contributed by atoms with Crippen LogP contribution in [-0.2, 0) is 16.5 Å². The Balaban J connectivity index is 1.59. The van der Waals surface area contributed by atoms with E-state index >= 15 is 0 Å². The number of nitrogens with zero attached hydrogens (tertiary/aromatic N) is 6. The molecule has 0 atom stereocenters. The lowest BCUT2D eigenvalue weighted by molar-refractivity contribution is -0.137. The first-order valence-corrected chi connectivity index (χ1v) is 13.4. The number of anilines is 4. The van der Waals surface area contributed by atoms with Gasteiger partial charge < -0.3 is 9.88 Å². The molecule has 0 aliphatic rings. The van der Waals surface area contributed by atoms with E-state index in [4.69, 9.17) is 0 Å². The molecule has 0 aliphatic heterocycles. The van der Waals surface area contributed by atoms with Crippen LogP contribution in [0.5, 0.6) is 0 Å². The highest BCUT2D eigenvalue weighted by atomic mass is 32.2. The monoisotopic (exact) mass is 581 g/mol. The Labute approximate surface area is 233 Å². The van der Waals surface area contributed by atoms with Gasteiger partial charge in [0.15, 0.2) is 0 Å². The average molecular weight is 582 g/mol. The Morgan fingerprint density at radius 3 is 2.44 bits per heavy atom. The van der Waals surface area contributed by atoms with E-state index < -0.39 is 27.7 Å². The number of nitrogens with one attached hydrogen (secondary N) is 1. The molecule has 0 spiro atoms. The lowest BCUT2D eigenvalue weighted by Gasteiger charge is -2.24. The van der Waals surface area contributed by atoms with Crippen molar-refractivity contribution in [2.75, 3.05) is 9.62 Å². The summed E-state index contributed by atoms with van der Waals surface area (Å²) in [6, 6.07) is 12.3. The third-order valence-electron chi connectivity index (χ3n) is 6.02. The third-order valence-corrected chi connectivity index (χ3v) is 6.90. The van der Waals surface area contributed by atoms with Gasteiger partial charge in [-0.3, -0.25) is 9.54 Å². The average Bonchev–Trinajstić information content (AvgIpc) is 3.36. The first-order chi connectivity index (χ1) is 19.4. The van der Waals surface area contributed by atoms with Crippen LogP contribution in [0.4, 0.5) is 36.2 Å². The number of halogens is 3. The Morgan fingerprint density at radius 1 is 0.976 bits per heavy atom. The van der Waals surface area contributed by atoms with E-state index in [0.29, 0.717) is 33.0 Å². The molecule has 14 heteroatoms. The van der Waals surface area contributed by atoms with E-state index in [1.165, 1.54) is 41.5 Å². The van der Waals surface area contributed by atoms with E-state index in [9.17, 15) is 26.1 Å². The van der Waals surface area contributed by atoms with Crippen molar-refractivity contribution in [2.24, 2.45) is 0 Å². The van der Waals surface area contributed by atoms with E-state index in [2.05, 4.69) is 25.3 Å². The molecule has 0 saturated carbocycles. The number of hydrogen-bond donors (Lipinski definition) is 2. The maximum Gasteiger partial charge on any atom is 0.416 e. The highest BCUT2D eigenvalue weighted by Gasteiger charge is 2.33. The van der Waals surface area contributed by atoms with Gasteiger partial charge in [0.2, 0.25) is 5.95 Å². The summed E-state index contributed by atoms with van der Waals surface area (Å²) < 4.78 is 78.8. The number of hydrogen-bond acceptors (Lipinski definition) is 7. The lowest BCUT2D eigenvalue weighted by Crippen LogP contribution is -2.26. The smallest absolute Gasteiger partial charge is 0.324 e. The maximum atomic E-state index is 13.9. The van der Waals surface area contributed by atoms with E-state index in [0.717, 1.165) is 11.6 Å². The molecule has 5 rings (SSSR count). The molecule has 0 fully saturated rings. The number of benzene rings is 2. The second-order valence-corrected chi connectivity index (χ2v) is 10.3. The standard InChI is InChI=1S/C27H22F3N7O3S/c1-17-5-6-21(13-25(17)35-26-32-9-7-24(34-26)19-4-3-8-31-14-19)37(41(38,39)40)23-11-20(27(28,29)30)10-22(12-23)36-15-18(2)33-16-36/h3-16H,1-2H3,(H,32,34,35)(H,38,39,40). The molecule has 0 amide bonds. The Hall–Kier alpha value is -4.82. The topological polar surface area (TPSA) is 126 Å². The second-order valence-electron chi connectivity index (χ2n) is 9.03. The van der Waals surface area contributed by atoms with Crippen molar-refractivity contribution >= 4 is 33.3 Å². The summed E-state index contributed by atoms with van der Waals surface area (Å²) in [4.78, 5) is 16.8. The minimum absolute atomic E-state index is 0.00449. The number of pyridine rings is 1. The van der Waals surface area contributed by atoms with Crippen LogP contribution in [0.2, 0.25) is 0 Å². The van der Waals surface area contributed by atoms with Crippen molar-refractivity contribution in [3.63, 3.8) is 0 Å². The van der Waals surface area contributed by atoms with E-state index in [1.54, 1.807) is 44.4 Å². The summed E-state index contributed by atoms with van der Waals surface area (Å²) in [7, 11) is -5.10. The van der Waals surface area contributed by atoms with Gasteiger partial charge in [0.05, 0.1) is 34.7 Å². The Morgan fingerprint density at radius 2 is 1.78 bits per heavy atom. The van der Waals surface area contributed by atoms with Gasteiger partial charge in [0.25, 0.3) is 0 Å². The summed E-state index contributed by atoms with van der Waals surface area (Å²) in [6.07, 6.45) is 2.79. The Bertz CT molecular complexity index is 1830. The summed E-state index contributed by atoms with van der Waals surface area (Å²) in [5.74, 6) is 0.182. The molecule has 5 aromatic rings. The molecule has 210 valence electrons. The van der Waals surface area contributed by atoms with Gasteiger partial charge >= 0.3 is 16.5 Å². The largest absolute Gasteiger partial charge is 0.416 e. The molecule has 0 bridgehead atoms. The SMILES string of the molecule is Cc1cn(-c2cc(N(c3ccc(C)c(Nc4nccc(-c5cccnc5)n4)c3)S(=O)(=O)O)cc(C(F)(F)F)c2)cn1. The molecular weight excluding hydrogens is 559 g/mol. The number of imidazole rings is 1. The number of aryl methyl sites for hydroxylation is 2. The normalized spacial score (nSPS) is 11.9. The molecular formula is C27H22F3N7O3S. The van der Waals surface area contributed by atoms with Crippen LogP contribution in [-0.4, -0.2) is 37.5 Å². The molecule has 41 heavy (non-hydrogen) atoms. The molecule has 0 radical (unpaired) electrons. The molecule has 3 aromatic heterocycles. The van der Waals surface area contributed by atoms with Crippen LogP contribution in [0.25, 0.3) is 16.9 Å². The third kappa shape index (κ3) is 6.18. The van der Waals surface area contributed by atoms with E-state index in [1.807, 2.05) is 6.07 Å². The minimum atomic E-state index is -5.10. The lowest BCUT2D eigenvalue weighted by atomic mass is 10.1. The van der Waals surface area contributed by atoms with Crippen LogP contribution in [0.3, 0.4) is 0 Å². The number of aromatic nitrogens is 5. The fraction of sp³-hybridized carbons (Fsp3) is 0.111. The van der Waals surface area contributed by atoms with Crippen LogP contribution in [0, 0.1) is 13.8 Å². The van der Waals surface area contributed by atoms with Crippen LogP contribution >= 0.6 is 0 Å². The molecule has 10 nitrogen and oxygen atoms in total. The first kappa shape index (κ1) is 27.7. The minimum Gasteiger partial charge on any atom is -0.324 e. The van der Waals surface area contributed by atoms with Crippen molar-refractivity contribution in [3.8, 4) is 16.9 Å². The summed E-state index contributed by atoms with van der Waals surface area (Å²) in [5, 5.41) is 3.02. The summed E-state index contributed by atoms with van der Waals surface area (Å²) in [5.41, 5.74) is 1.19. The van der Waals surface area contributed by atoms with Gasteiger partial charge in [-0.1, -0.05) is 6.07 Å². The van der Waals surface area contributed by atoms with Gasteiger partial charge in [-0.05, 0) is 67.9 Å². The Kier molecular flexibility index (Phi) is 7.19. The molecule has 2 aromatic carbocycles. The molecule has 0 saturated heterocycles. The fourth-order valence-corrected chi connectivity index (χ4v) is 4.84. The predicted molar refractivity (Wildman–Crippen MR) is 147 cm³/mol. The van der Waals surface area contributed by atoms with Crippen molar-refractivity contribution in [3.05, 3.63) is 103 Å². The molecule has 0 aliphatic carbocycles. The summed E-state index contributed by atoms with van der Waals surface area (Å²) >= 11 is 0. The first-order valence-electron chi connectivity index (χ1n) is 12.0. The zero-order valence-corrected chi connectivity index (χ0v) is 22.4. The fourth-order valence-electron chi connectivity index (χ4n) is 4.09. The van der Waals surface area contributed by atoms with Gasteiger partial charge in [0, 0.05) is 41.7 Å². The quantitative estimate of drug-likeness (QED) is 0.223. The maximum absolute atomic E-state index is 13.9. The van der Waals surface area contributed by atoms with Gasteiger partial charge in [-0.2, -0.15) is 21.6 Å². The van der Waals surface area contributed by atoms with Crippen molar-refractivity contribution in [1.29, 1.82) is 0 Å². The predicted octanol–water partition coefficient (Wildman–Crippen LogP) is 6.04. The van der Waals surface area contributed by atoms with Crippen LogP contribution in [0.15, 0.2) is 85.7 Å². The highest BCUT2D eigenvalue weighted by Crippen LogP contribution is 2.38. The number of alkyl halides is 3. The highest BCUT2D eigenvalue weighted by molar-refractivity contribution is 7.87. The van der Waals surface area contributed by atoms with Crippen LogP contribution < -0.4 is 9.62 Å². The van der Waals surface area contributed by atoms with Crippen molar-refractivity contribution in [1.82, 2.24) is 24.5 Å². The van der Waals surface area contributed by atoms with Crippen molar-refractivity contribution < 1.29 is 26.1 Å². The zero-order valence-electron chi connectivity index (χ0n) is 21.6. The molecule has 2 N–H and O–H groups in total. The van der Waals surface area contributed by atoms with Gasteiger partial charge in [-0.25, -0.2) is 19.3 Å². The molecule has 3 heterocycles. The second kappa shape index (κ2) is 10.6. The summed E-state index contributed by atoms with van der Waals surface area (Å²) in [6.45, 7) is 3.39. The van der Waals surface area contributed by atoms with E-state index in [-0.39, 0.29) is 17.3 Å².